The van der Waals surface area contributed by atoms with Gasteiger partial charge in [0.1, 0.15) is 0 Å². The molecule has 0 saturated carbocycles. The first-order chi connectivity index (χ1) is 9.74. The van der Waals surface area contributed by atoms with Crippen LogP contribution in [0, 0.1) is 6.92 Å². The molecule has 1 aromatic heterocycles. The van der Waals surface area contributed by atoms with E-state index in [2.05, 4.69) is 36.2 Å². The molecule has 20 heavy (non-hydrogen) atoms. The average molecular weight is 280 g/mol. The summed E-state index contributed by atoms with van der Waals surface area (Å²) in [6, 6.07) is 20.3. The van der Waals surface area contributed by atoms with Gasteiger partial charge in [-0.15, -0.1) is 0 Å². The lowest BCUT2D eigenvalue weighted by Crippen LogP contribution is -1.86. The summed E-state index contributed by atoms with van der Waals surface area (Å²) in [4.78, 5) is 4.43. The van der Waals surface area contributed by atoms with Crippen LogP contribution in [0.4, 0.5) is 0 Å². The van der Waals surface area contributed by atoms with Crippen LogP contribution in [0.25, 0.3) is 22.4 Å². The van der Waals surface area contributed by atoms with Gasteiger partial charge in [0, 0.05) is 22.3 Å². The van der Waals surface area contributed by atoms with Crippen LogP contribution in [0.5, 0.6) is 0 Å². The Hall–Kier alpha value is -2.12. The maximum absolute atomic E-state index is 6.27. The minimum Gasteiger partial charge on any atom is -0.256 e. The van der Waals surface area contributed by atoms with E-state index in [1.54, 1.807) is 0 Å². The molecular formula is C18H14ClN. The molecule has 0 aliphatic rings. The van der Waals surface area contributed by atoms with E-state index < -0.39 is 0 Å². The van der Waals surface area contributed by atoms with E-state index in [-0.39, 0.29) is 0 Å². The van der Waals surface area contributed by atoms with Gasteiger partial charge in [0.2, 0.25) is 0 Å². The molecule has 2 aromatic carbocycles. The van der Waals surface area contributed by atoms with E-state index in [0.29, 0.717) is 0 Å². The molecule has 0 radical (unpaired) electrons. The van der Waals surface area contributed by atoms with Crippen LogP contribution in [0.15, 0.2) is 66.9 Å². The van der Waals surface area contributed by atoms with Crippen LogP contribution < -0.4 is 0 Å². The van der Waals surface area contributed by atoms with Gasteiger partial charge in [-0.2, -0.15) is 0 Å². The van der Waals surface area contributed by atoms with Crippen molar-refractivity contribution in [2.45, 2.75) is 6.92 Å². The Morgan fingerprint density at radius 2 is 1.65 bits per heavy atom. The molecule has 0 atom stereocenters. The highest BCUT2D eigenvalue weighted by Crippen LogP contribution is 2.30. The van der Waals surface area contributed by atoms with E-state index in [4.69, 9.17) is 11.6 Å². The topological polar surface area (TPSA) is 12.9 Å². The maximum atomic E-state index is 6.27. The Morgan fingerprint density at radius 1 is 0.850 bits per heavy atom. The van der Waals surface area contributed by atoms with Crippen molar-refractivity contribution in [2.24, 2.45) is 0 Å². The van der Waals surface area contributed by atoms with Crippen LogP contribution in [0.3, 0.4) is 0 Å². The van der Waals surface area contributed by atoms with Crippen molar-refractivity contribution in [3.8, 4) is 22.4 Å². The summed E-state index contributed by atoms with van der Waals surface area (Å²) < 4.78 is 0. The number of benzene rings is 2. The minimum atomic E-state index is 0.766. The van der Waals surface area contributed by atoms with Crippen LogP contribution in [0.1, 0.15) is 5.56 Å². The van der Waals surface area contributed by atoms with Crippen molar-refractivity contribution in [3.05, 3.63) is 77.4 Å². The second-order valence-electron chi connectivity index (χ2n) is 4.78. The van der Waals surface area contributed by atoms with Crippen molar-refractivity contribution < 1.29 is 0 Å². The van der Waals surface area contributed by atoms with Gasteiger partial charge >= 0.3 is 0 Å². The van der Waals surface area contributed by atoms with Gasteiger partial charge in [0.25, 0.3) is 0 Å². The summed E-state index contributed by atoms with van der Waals surface area (Å²) in [6.45, 7) is 2.07. The van der Waals surface area contributed by atoms with Gasteiger partial charge in [0.15, 0.2) is 0 Å². The molecule has 0 unspecified atom stereocenters. The first-order valence-corrected chi connectivity index (χ1v) is 6.90. The van der Waals surface area contributed by atoms with Crippen molar-refractivity contribution in [2.75, 3.05) is 0 Å². The van der Waals surface area contributed by atoms with Crippen LogP contribution >= 0.6 is 11.6 Å². The minimum absolute atomic E-state index is 0.766. The average Bonchev–Trinajstić information content (AvgIpc) is 2.48. The number of nitrogens with zero attached hydrogens (tertiary/aromatic N) is 1. The normalized spacial score (nSPS) is 10.5. The van der Waals surface area contributed by atoms with E-state index >= 15 is 0 Å². The second kappa shape index (κ2) is 5.48. The van der Waals surface area contributed by atoms with Gasteiger partial charge in [-0.25, -0.2) is 0 Å². The van der Waals surface area contributed by atoms with Crippen LogP contribution in [-0.4, -0.2) is 4.98 Å². The number of hydrogen-bond donors (Lipinski definition) is 0. The molecule has 1 heterocycles. The molecule has 0 aliphatic heterocycles. The zero-order chi connectivity index (χ0) is 13.9. The molecule has 2 heteroatoms. The Kier molecular flexibility index (Phi) is 3.53. The SMILES string of the molecule is Cc1ccnc(-c2cccc(-c3ccccc3Cl)c2)c1. The van der Waals surface area contributed by atoms with Crippen molar-refractivity contribution in [1.29, 1.82) is 0 Å². The van der Waals surface area contributed by atoms with E-state index in [1.165, 1.54) is 5.56 Å². The summed E-state index contributed by atoms with van der Waals surface area (Å²) in [6.07, 6.45) is 1.84. The summed E-state index contributed by atoms with van der Waals surface area (Å²) in [7, 11) is 0. The highest BCUT2D eigenvalue weighted by molar-refractivity contribution is 6.33. The second-order valence-corrected chi connectivity index (χ2v) is 5.19. The third-order valence-electron chi connectivity index (χ3n) is 3.26. The molecule has 0 amide bonds. The fraction of sp³-hybridized carbons (Fsp3) is 0.0556. The lowest BCUT2D eigenvalue weighted by molar-refractivity contribution is 1.29. The quantitative estimate of drug-likeness (QED) is 0.614. The van der Waals surface area contributed by atoms with E-state index in [9.17, 15) is 0 Å². The fourth-order valence-corrected chi connectivity index (χ4v) is 2.48. The predicted molar refractivity (Wildman–Crippen MR) is 84.9 cm³/mol. The van der Waals surface area contributed by atoms with Gasteiger partial charge in [-0.05, 0) is 42.3 Å². The summed E-state index contributed by atoms with van der Waals surface area (Å²) >= 11 is 6.27. The smallest absolute Gasteiger partial charge is 0.0704 e. The molecule has 3 rings (SSSR count). The standard InChI is InChI=1S/C18H14ClN/c1-13-9-10-20-18(11-13)15-6-4-5-14(12-15)16-7-2-3-8-17(16)19/h2-12H,1H3. The Morgan fingerprint density at radius 3 is 2.45 bits per heavy atom. The van der Waals surface area contributed by atoms with Crippen LogP contribution in [-0.2, 0) is 0 Å². The summed E-state index contributed by atoms with van der Waals surface area (Å²) in [5.74, 6) is 0. The molecule has 98 valence electrons. The molecule has 0 spiro atoms. The zero-order valence-electron chi connectivity index (χ0n) is 11.2. The predicted octanol–water partition coefficient (Wildman–Crippen LogP) is 5.38. The largest absolute Gasteiger partial charge is 0.256 e. The van der Waals surface area contributed by atoms with Gasteiger partial charge in [-0.1, -0.05) is 48.0 Å². The first kappa shape index (κ1) is 12.9. The molecule has 0 N–H and O–H groups in total. The Bertz CT molecular complexity index is 750. The molecular weight excluding hydrogens is 266 g/mol. The maximum Gasteiger partial charge on any atom is 0.0704 e. The van der Waals surface area contributed by atoms with Crippen molar-refractivity contribution in [1.82, 2.24) is 4.98 Å². The number of halogens is 1. The lowest BCUT2D eigenvalue weighted by Gasteiger charge is -2.07. The number of hydrogen-bond acceptors (Lipinski definition) is 1. The molecule has 0 saturated heterocycles. The number of aromatic nitrogens is 1. The first-order valence-electron chi connectivity index (χ1n) is 6.52. The van der Waals surface area contributed by atoms with Crippen molar-refractivity contribution >= 4 is 11.6 Å². The van der Waals surface area contributed by atoms with Crippen molar-refractivity contribution in [3.63, 3.8) is 0 Å². The highest BCUT2D eigenvalue weighted by Gasteiger charge is 2.05. The van der Waals surface area contributed by atoms with Gasteiger partial charge in [0.05, 0.1) is 5.69 Å². The number of rotatable bonds is 2. The number of aryl methyl sites for hydroxylation is 1. The third-order valence-corrected chi connectivity index (χ3v) is 3.59. The zero-order valence-corrected chi connectivity index (χ0v) is 11.9. The summed E-state index contributed by atoms with van der Waals surface area (Å²) in [5, 5.41) is 0.766. The Balaban J connectivity index is 2.09. The van der Waals surface area contributed by atoms with Gasteiger partial charge < -0.3 is 0 Å². The Labute approximate surface area is 123 Å². The molecule has 1 nitrogen and oxygen atoms in total. The molecule has 3 aromatic rings. The monoisotopic (exact) mass is 279 g/mol. The highest BCUT2D eigenvalue weighted by atomic mass is 35.5. The molecule has 0 aliphatic carbocycles. The molecule has 0 fully saturated rings. The fourth-order valence-electron chi connectivity index (χ4n) is 2.24. The summed E-state index contributed by atoms with van der Waals surface area (Å²) in [5.41, 5.74) is 5.45. The van der Waals surface area contributed by atoms with E-state index in [1.807, 2.05) is 42.6 Å². The third kappa shape index (κ3) is 2.59. The molecule has 0 bridgehead atoms. The number of pyridine rings is 1. The lowest BCUT2D eigenvalue weighted by atomic mass is 10.0. The van der Waals surface area contributed by atoms with Crippen LogP contribution in [0.2, 0.25) is 5.02 Å². The van der Waals surface area contributed by atoms with E-state index in [0.717, 1.165) is 27.4 Å². The van der Waals surface area contributed by atoms with Gasteiger partial charge in [-0.3, -0.25) is 4.98 Å².